The lowest BCUT2D eigenvalue weighted by Crippen LogP contribution is -2.21. The van der Waals surface area contributed by atoms with Crippen LogP contribution in [0.15, 0.2) is 36.4 Å². The van der Waals surface area contributed by atoms with E-state index in [4.69, 9.17) is 9.47 Å². The second-order valence-electron chi connectivity index (χ2n) is 4.83. The zero-order valence-electron chi connectivity index (χ0n) is 11.5. The average Bonchev–Trinajstić information content (AvgIpc) is 2.50. The maximum Gasteiger partial charge on any atom is 0.149 e. The van der Waals surface area contributed by atoms with Gasteiger partial charge in [-0.3, -0.25) is 0 Å². The second kappa shape index (κ2) is 5.60. The Bertz CT molecular complexity index is 640. The van der Waals surface area contributed by atoms with E-state index >= 15 is 0 Å². The Morgan fingerprint density at radius 2 is 1.95 bits per heavy atom. The van der Waals surface area contributed by atoms with Crippen molar-refractivity contribution in [1.29, 1.82) is 0 Å². The first-order chi connectivity index (χ1) is 10.2. The largest absolute Gasteiger partial charge is 0.497 e. The third-order valence-electron chi connectivity index (χ3n) is 3.54. The summed E-state index contributed by atoms with van der Waals surface area (Å²) in [5.41, 5.74) is 0.724. The monoisotopic (exact) mass is 291 g/mol. The van der Waals surface area contributed by atoms with Gasteiger partial charge in [0.2, 0.25) is 0 Å². The molecule has 3 rings (SSSR count). The van der Waals surface area contributed by atoms with Gasteiger partial charge in [-0.2, -0.15) is 0 Å². The summed E-state index contributed by atoms with van der Waals surface area (Å²) in [6.45, 7) is 0.493. The Labute approximate surface area is 121 Å². The zero-order chi connectivity index (χ0) is 14.8. The first-order valence-corrected chi connectivity index (χ1v) is 6.70. The first kappa shape index (κ1) is 13.7. The van der Waals surface area contributed by atoms with Crippen LogP contribution in [0.3, 0.4) is 0 Å². The molecule has 3 nitrogen and oxygen atoms in total. The molecule has 2 aromatic carbocycles. The van der Waals surface area contributed by atoms with Gasteiger partial charge in [0.15, 0.2) is 0 Å². The van der Waals surface area contributed by atoms with Crippen LogP contribution in [-0.4, -0.2) is 13.7 Å². The van der Waals surface area contributed by atoms with Gasteiger partial charge in [-0.05, 0) is 30.3 Å². The lowest BCUT2D eigenvalue weighted by molar-refractivity contribution is 0.272. The molecule has 1 unspecified atom stereocenters. The maximum absolute atomic E-state index is 13.8. The number of methoxy groups -OCH3 is 1. The van der Waals surface area contributed by atoms with Crippen molar-refractivity contribution >= 4 is 5.69 Å². The zero-order valence-corrected chi connectivity index (χ0v) is 11.5. The van der Waals surface area contributed by atoms with Crippen molar-refractivity contribution in [2.75, 3.05) is 19.0 Å². The van der Waals surface area contributed by atoms with Crippen LogP contribution in [0.5, 0.6) is 11.5 Å². The second-order valence-corrected chi connectivity index (χ2v) is 4.83. The lowest BCUT2D eigenvalue weighted by Gasteiger charge is -2.28. The molecular formula is C16H15F2NO2. The van der Waals surface area contributed by atoms with E-state index in [1.807, 2.05) is 6.07 Å². The number of para-hydroxylation sites is 1. The van der Waals surface area contributed by atoms with Gasteiger partial charge in [-0.15, -0.1) is 0 Å². The molecule has 0 radical (unpaired) electrons. The molecule has 0 aliphatic carbocycles. The van der Waals surface area contributed by atoms with Gasteiger partial charge in [-0.25, -0.2) is 8.78 Å². The summed E-state index contributed by atoms with van der Waals surface area (Å²) in [5.74, 6) is 0.174. The summed E-state index contributed by atoms with van der Waals surface area (Å²) in [7, 11) is 1.57. The van der Waals surface area contributed by atoms with E-state index in [-0.39, 0.29) is 11.7 Å². The summed E-state index contributed by atoms with van der Waals surface area (Å²) in [4.78, 5) is 0. The molecule has 2 aromatic rings. The Morgan fingerprint density at radius 1 is 1.19 bits per heavy atom. The Kier molecular flexibility index (Phi) is 3.64. The fraction of sp³-hybridized carbons (Fsp3) is 0.250. The smallest absolute Gasteiger partial charge is 0.149 e. The van der Waals surface area contributed by atoms with Crippen LogP contribution in [-0.2, 0) is 0 Å². The van der Waals surface area contributed by atoms with Crippen molar-refractivity contribution in [2.24, 2.45) is 0 Å². The van der Waals surface area contributed by atoms with Gasteiger partial charge in [0, 0.05) is 12.0 Å². The number of halogens is 2. The quantitative estimate of drug-likeness (QED) is 0.930. The molecule has 0 saturated heterocycles. The Morgan fingerprint density at radius 3 is 2.67 bits per heavy atom. The number of anilines is 1. The molecule has 1 aliphatic heterocycles. The van der Waals surface area contributed by atoms with Crippen LogP contribution in [0.4, 0.5) is 14.5 Å². The lowest BCUT2D eigenvalue weighted by atomic mass is 9.99. The minimum Gasteiger partial charge on any atom is -0.497 e. The van der Waals surface area contributed by atoms with E-state index in [9.17, 15) is 8.78 Å². The number of ether oxygens (including phenoxy) is 2. The van der Waals surface area contributed by atoms with Crippen molar-refractivity contribution in [2.45, 2.75) is 12.5 Å². The molecule has 0 saturated carbocycles. The van der Waals surface area contributed by atoms with Gasteiger partial charge < -0.3 is 14.8 Å². The van der Waals surface area contributed by atoms with Gasteiger partial charge in [0.1, 0.15) is 28.8 Å². The predicted molar refractivity (Wildman–Crippen MR) is 75.8 cm³/mol. The van der Waals surface area contributed by atoms with Crippen LogP contribution in [0.1, 0.15) is 18.0 Å². The van der Waals surface area contributed by atoms with E-state index in [1.54, 1.807) is 19.2 Å². The molecule has 1 aliphatic rings. The number of nitrogens with one attached hydrogen (secondary N) is 1. The highest BCUT2D eigenvalue weighted by molar-refractivity contribution is 5.52. The van der Waals surface area contributed by atoms with Gasteiger partial charge in [0.05, 0.1) is 19.8 Å². The SMILES string of the molecule is COc1ccc2c(c1)C(Nc1c(F)cccc1F)CCO2. The van der Waals surface area contributed by atoms with Crippen molar-refractivity contribution in [3.05, 3.63) is 53.6 Å². The molecule has 0 bridgehead atoms. The molecule has 1 atom stereocenters. The number of hydrogen-bond donors (Lipinski definition) is 1. The van der Waals surface area contributed by atoms with E-state index in [0.29, 0.717) is 24.5 Å². The molecular weight excluding hydrogens is 276 g/mol. The highest BCUT2D eigenvalue weighted by Crippen LogP contribution is 2.37. The van der Waals surface area contributed by atoms with Crippen molar-refractivity contribution in [3.8, 4) is 11.5 Å². The molecule has 0 spiro atoms. The molecule has 21 heavy (non-hydrogen) atoms. The first-order valence-electron chi connectivity index (χ1n) is 6.70. The van der Waals surface area contributed by atoms with E-state index in [1.165, 1.54) is 18.2 Å². The minimum absolute atomic E-state index is 0.113. The third-order valence-corrected chi connectivity index (χ3v) is 3.54. The number of benzene rings is 2. The van der Waals surface area contributed by atoms with Crippen LogP contribution in [0.2, 0.25) is 0 Å². The predicted octanol–water partition coefficient (Wildman–Crippen LogP) is 3.91. The fourth-order valence-electron chi connectivity index (χ4n) is 2.46. The van der Waals surface area contributed by atoms with Crippen LogP contribution in [0.25, 0.3) is 0 Å². The number of fused-ring (bicyclic) bond motifs is 1. The standard InChI is InChI=1S/C16H15F2NO2/c1-20-10-5-6-15-11(9-10)14(7-8-21-15)19-16-12(17)3-2-4-13(16)18/h2-6,9,14,19H,7-8H2,1H3. The summed E-state index contributed by atoms with van der Waals surface area (Å²) >= 11 is 0. The Hall–Kier alpha value is -2.30. The molecule has 110 valence electrons. The topological polar surface area (TPSA) is 30.5 Å². The van der Waals surface area contributed by atoms with E-state index < -0.39 is 11.6 Å². The summed E-state index contributed by atoms with van der Waals surface area (Å²) in [6.07, 6.45) is 0.619. The highest BCUT2D eigenvalue weighted by Gasteiger charge is 2.24. The van der Waals surface area contributed by atoms with Gasteiger partial charge >= 0.3 is 0 Å². The van der Waals surface area contributed by atoms with Crippen LogP contribution in [0, 0.1) is 11.6 Å². The van der Waals surface area contributed by atoms with Crippen molar-refractivity contribution in [1.82, 2.24) is 0 Å². The molecule has 0 aromatic heterocycles. The summed E-state index contributed by atoms with van der Waals surface area (Å²) < 4.78 is 38.3. The number of hydrogen-bond acceptors (Lipinski definition) is 3. The fourth-order valence-corrected chi connectivity index (χ4v) is 2.46. The average molecular weight is 291 g/mol. The van der Waals surface area contributed by atoms with Crippen molar-refractivity contribution in [3.63, 3.8) is 0 Å². The molecule has 0 amide bonds. The highest BCUT2D eigenvalue weighted by atomic mass is 19.1. The summed E-state index contributed by atoms with van der Waals surface area (Å²) in [6, 6.07) is 9.01. The van der Waals surface area contributed by atoms with Crippen LogP contribution < -0.4 is 14.8 Å². The van der Waals surface area contributed by atoms with Crippen molar-refractivity contribution < 1.29 is 18.3 Å². The van der Waals surface area contributed by atoms with E-state index in [2.05, 4.69) is 5.32 Å². The Balaban J connectivity index is 1.95. The van der Waals surface area contributed by atoms with Crippen LogP contribution >= 0.6 is 0 Å². The molecule has 1 heterocycles. The molecule has 5 heteroatoms. The molecule has 0 fully saturated rings. The number of rotatable bonds is 3. The maximum atomic E-state index is 13.8. The molecule has 1 N–H and O–H groups in total. The van der Waals surface area contributed by atoms with Gasteiger partial charge in [0.25, 0.3) is 0 Å². The van der Waals surface area contributed by atoms with Gasteiger partial charge in [-0.1, -0.05) is 6.07 Å². The van der Waals surface area contributed by atoms with E-state index in [0.717, 1.165) is 5.56 Å². The third kappa shape index (κ3) is 2.63. The summed E-state index contributed by atoms with van der Waals surface area (Å²) in [5, 5.41) is 2.94. The normalized spacial score (nSPS) is 16.8. The minimum atomic E-state index is -0.606.